The van der Waals surface area contributed by atoms with Crippen molar-refractivity contribution in [3.8, 4) is 0 Å². The number of anilines is 1. The van der Waals surface area contributed by atoms with Crippen molar-refractivity contribution in [3.05, 3.63) is 76.6 Å². The van der Waals surface area contributed by atoms with Gasteiger partial charge in [-0.2, -0.15) is 10.8 Å². The summed E-state index contributed by atoms with van der Waals surface area (Å²) < 4.78 is 5.23. The number of likely N-dealkylation sites (tertiary alicyclic amines) is 1. The SMILES string of the molecule is CC1(C(=O)N2CCC[C@@H](C3=C4C=NC=C[N+]4(N)C(c4ccc(C(=O)Nc5ncc6c(n5)CCC6)cc4)=N3)C2)COC1. The number of hydrogen-bond donors (Lipinski definition) is 2. The predicted octanol–water partition coefficient (Wildman–Crippen LogP) is 2.71. The second-order valence-electron chi connectivity index (χ2n) is 11.8. The average molecular weight is 554 g/mol. The van der Waals surface area contributed by atoms with E-state index in [4.69, 9.17) is 15.6 Å². The van der Waals surface area contributed by atoms with Crippen LogP contribution in [0.25, 0.3) is 0 Å². The number of rotatable bonds is 5. The first kappa shape index (κ1) is 25.9. The maximum Gasteiger partial charge on any atom is 0.264 e. The molecule has 2 atom stereocenters. The van der Waals surface area contributed by atoms with Gasteiger partial charge in [0.25, 0.3) is 11.7 Å². The summed E-state index contributed by atoms with van der Waals surface area (Å²) in [5, 5.41) is 2.82. The van der Waals surface area contributed by atoms with Crippen molar-refractivity contribution in [2.24, 2.45) is 27.2 Å². The molecule has 1 unspecified atom stereocenters. The number of amidine groups is 1. The Kier molecular flexibility index (Phi) is 6.18. The third kappa shape index (κ3) is 4.41. The molecule has 1 aromatic heterocycles. The van der Waals surface area contributed by atoms with E-state index in [2.05, 4.69) is 20.3 Å². The number of aryl methyl sites for hydroxylation is 2. The van der Waals surface area contributed by atoms with Crippen LogP contribution in [0, 0.1) is 11.3 Å². The molecule has 0 saturated carbocycles. The van der Waals surface area contributed by atoms with E-state index < -0.39 is 5.41 Å². The van der Waals surface area contributed by atoms with Crippen LogP contribution in [0.5, 0.6) is 0 Å². The molecule has 0 bridgehead atoms. The van der Waals surface area contributed by atoms with E-state index in [9.17, 15) is 9.59 Å². The van der Waals surface area contributed by atoms with E-state index in [0.29, 0.717) is 37.1 Å². The Morgan fingerprint density at radius 3 is 2.78 bits per heavy atom. The van der Waals surface area contributed by atoms with Crippen LogP contribution in [0.3, 0.4) is 0 Å². The van der Waals surface area contributed by atoms with Gasteiger partial charge in [-0.15, -0.1) is 4.59 Å². The number of quaternary nitrogens is 1. The number of benzene rings is 1. The topological polar surface area (TPSA) is 135 Å². The molecule has 3 N–H and O–H groups in total. The molecule has 41 heavy (non-hydrogen) atoms. The van der Waals surface area contributed by atoms with Gasteiger partial charge in [-0.05, 0) is 68.9 Å². The molecule has 5 heterocycles. The maximum absolute atomic E-state index is 13.2. The standard InChI is InChI=1S/C30H32N8O3/c1-30(17-41-18-30)28(40)37-12-3-5-22(16-37)25-24-15-32-11-13-38(24,31)26(35-25)19-7-9-20(10-8-19)27(39)36-29-33-14-21-4-2-6-23(21)34-29/h7-11,13-15,22H,2-6,12,16-18,31H2,1H3/p+1/t22-,38?/m1/s1. The lowest BCUT2D eigenvalue weighted by atomic mass is 9.85. The molecule has 11 nitrogen and oxygen atoms in total. The zero-order chi connectivity index (χ0) is 28.2. The molecule has 1 aliphatic carbocycles. The quantitative estimate of drug-likeness (QED) is 0.432. The number of nitrogens with two attached hydrogens (primary N) is 1. The number of amides is 2. The minimum Gasteiger partial charge on any atom is -0.379 e. The number of piperidine rings is 1. The van der Waals surface area contributed by atoms with Gasteiger partial charge in [-0.3, -0.25) is 19.9 Å². The number of nitrogens with one attached hydrogen (secondary N) is 1. The van der Waals surface area contributed by atoms with Gasteiger partial charge in [-0.25, -0.2) is 9.97 Å². The molecule has 210 valence electrons. The Hall–Kier alpha value is -4.06. The molecule has 5 aliphatic rings. The number of carbonyl (C=O) groups is 2. The minimum absolute atomic E-state index is 0.0427. The van der Waals surface area contributed by atoms with Crippen LogP contribution in [-0.4, -0.2) is 69.6 Å². The number of carbonyl (C=O) groups excluding carboxylic acids is 2. The summed E-state index contributed by atoms with van der Waals surface area (Å²) >= 11 is 0. The minimum atomic E-state index is -0.437. The Bertz CT molecular complexity index is 1560. The Labute approximate surface area is 238 Å². The zero-order valence-electron chi connectivity index (χ0n) is 23.0. The fraction of sp³-hybridized carbons (Fsp3) is 0.400. The van der Waals surface area contributed by atoms with Crippen LogP contribution in [0.4, 0.5) is 5.95 Å². The second kappa shape index (κ2) is 9.79. The lowest BCUT2D eigenvalue weighted by molar-refractivity contribution is -0.750. The molecule has 2 amide bonds. The highest BCUT2D eigenvalue weighted by Gasteiger charge is 2.48. The molecule has 0 radical (unpaired) electrons. The van der Waals surface area contributed by atoms with Crippen LogP contribution in [0.1, 0.15) is 53.4 Å². The molecule has 7 rings (SSSR count). The van der Waals surface area contributed by atoms with Gasteiger partial charge in [0.2, 0.25) is 17.6 Å². The molecular formula is C30H33N8O3+. The number of allylic oxidation sites excluding steroid dienone is 1. The maximum atomic E-state index is 13.2. The summed E-state index contributed by atoms with van der Waals surface area (Å²) in [6.07, 6.45) is 11.8. The van der Waals surface area contributed by atoms with Crippen molar-refractivity contribution >= 4 is 29.8 Å². The van der Waals surface area contributed by atoms with Crippen molar-refractivity contribution in [1.82, 2.24) is 14.9 Å². The van der Waals surface area contributed by atoms with Crippen molar-refractivity contribution in [3.63, 3.8) is 0 Å². The van der Waals surface area contributed by atoms with Crippen LogP contribution < -0.4 is 11.2 Å². The van der Waals surface area contributed by atoms with Crippen molar-refractivity contribution in [2.45, 2.75) is 39.0 Å². The fourth-order valence-corrected chi connectivity index (χ4v) is 6.32. The van der Waals surface area contributed by atoms with E-state index in [1.54, 1.807) is 30.7 Å². The Balaban J connectivity index is 1.12. The summed E-state index contributed by atoms with van der Waals surface area (Å²) in [4.78, 5) is 46.4. The van der Waals surface area contributed by atoms with Crippen LogP contribution >= 0.6 is 0 Å². The smallest absolute Gasteiger partial charge is 0.264 e. The van der Waals surface area contributed by atoms with E-state index in [1.807, 2.05) is 30.2 Å². The number of fused-ring (bicyclic) bond motifs is 2. The number of nitrogens with zero attached hydrogens (tertiary/aromatic N) is 6. The first-order chi connectivity index (χ1) is 19.8. The van der Waals surface area contributed by atoms with Gasteiger partial charge >= 0.3 is 0 Å². The number of hydrogen-bond acceptors (Lipinski definition) is 8. The van der Waals surface area contributed by atoms with E-state index in [1.165, 1.54) is 0 Å². The van der Waals surface area contributed by atoms with Crippen LogP contribution in [-0.2, 0) is 22.4 Å². The van der Waals surface area contributed by atoms with Crippen LogP contribution in [0.2, 0.25) is 0 Å². The normalized spacial score (nSPS) is 25.9. The monoisotopic (exact) mass is 553 g/mol. The predicted molar refractivity (Wildman–Crippen MR) is 152 cm³/mol. The Morgan fingerprint density at radius 2 is 2.00 bits per heavy atom. The lowest BCUT2D eigenvalue weighted by Crippen LogP contribution is -2.55. The van der Waals surface area contributed by atoms with Crippen molar-refractivity contribution in [2.75, 3.05) is 31.6 Å². The average Bonchev–Trinajstić information content (AvgIpc) is 3.57. The van der Waals surface area contributed by atoms with Crippen molar-refractivity contribution < 1.29 is 18.9 Å². The highest BCUT2D eigenvalue weighted by atomic mass is 16.5. The Morgan fingerprint density at radius 1 is 1.17 bits per heavy atom. The largest absolute Gasteiger partial charge is 0.379 e. The molecule has 11 heteroatoms. The molecule has 2 fully saturated rings. The molecule has 1 aromatic carbocycles. The highest BCUT2D eigenvalue weighted by molar-refractivity contribution is 6.05. The summed E-state index contributed by atoms with van der Waals surface area (Å²) in [6, 6.07) is 7.24. The van der Waals surface area contributed by atoms with Crippen molar-refractivity contribution in [1.29, 1.82) is 0 Å². The fourth-order valence-electron chi connectivity index (χ4n) is 6.32. The summed E-state index contributed by atoms with van der Waals surface area (Å²) in [6.45, 7) is 4.24. The first-order valence-corrected chi connectivity index (χ1v) is 14.2. The molecular weight excluding hydrogens is 520 g/mol. The van der Waals surface area contributed by atoms with Gasteiger partial charge in [0.05, 0.1) is 36.6 Å². The van der Waals surface area contributed by atoms with Gasteiger partial charge in [-0.1, -0.05) is 0 Å². The first-order valence-electron chi connectivity index (χ1n) is 14.2. The number of aliphatic imine (C=N–C) groups is 2. The van der Waals surface area contributed by atoms with E-state index >= 15 is 0 Å². The van der Waals surface area contributed by atoms with Gasteiger partial charge < -0.3 is 9.64 Å². The summed E-state index contributed by atoms with van der Waals surface area (Å²) in [7, 11) is 0. The zero-order valence-corrected chi connectivity index (χ0v) is 23.0. The van der Waals surface area contributed by atoms with E-state index in [-0.39, 0.29) is 22.3 Å². The van der Waals surface area contributed by atoms with Gasteiger partial charge in [0.1, 0.15) is 11.9 Å². The van der Waals surface area contributed by atoms with Gasteiger partial charge in [0.15, 0.2) is 0 Å². The number of ether oxygens (including phenoxy) is 1. The van der Waals surface area contributed by atoms with E-state index in [0.717, 1.165) is 66.9 Å². The molecule has 0 spiro atoms. The molecule has 2 aromatic rings. The molecule has 4 aliphatic heterocycles. The van der Waals surface area contributed by atoms with Crippen LogP contribution in [0.15, 0.2) is 64.2 Å². The summed E-state index contributed by atoms with van der Waals surface area (Å²) in [5.74, 6) is 7.83. The lowest BCUT2D eigenvalue weighted by Gasteiger charge is -2.42. The highest BCUT2D eigenvalue weighted by Crippen LogP contribution is 2.39. The molecule has 2 saturated heterocycles. The third-order valence-corrected chi connectivity index (χ3v) is 8.72. The second-order valence-corrected chi connectivity index (χ2v) is 11.8. The number of aromatic nitrogens is 2. The third-order valence-electron chi connectivity index (χ3n) is 8.72. The van der Waals surface area contributed by atoms with Gasteiger partial charge in [0, 0.05) is 36.5 Å². The summed E-state index contributed by atoms with van der Waals surface area (Å²) in [5.41, 5.74) is 4.67.